The third-order valence-electron chi connectivity index (χ3n) is 3.06. The summed E-state index contributed by atoms with van der Waals surface area (Å²) in [5, 5.41) is 3.22. The van der Waals surface area contributed by atoms with E-state index in [2.05, 4.69) is 25.2 Å². The summed E-state index contributed by atoms with van der Waals surface area (Å²) in [5.41, 5.74) is 10.5. The van der Waals surface area contributed by atoms with Crippen molar-refractivity contribution in [2.24, 2.45) is 0 Å². The van der Waals surface area contributed by atoms with Gasteiger partial charge in [-0.25, -0.2) is 0 Å². The third-order valence-corrected chi connectivity index (χ3v) is 3.06. The lowest BCUT2D eigenvalue weighted by atomic mass is 10.0. The highest BCUT2D eigenvalue weighted by Gasteiger charge is 1.98. The fourth-order valence-corrected chi connectivity index (χ4v) is 1.90. The van der Waals surface area contributed by atoms with E-state index in [-0.39, 0.29) is 0 Å². The van der Waals surface area contributed by atoms with E-state index in [1.165, 1.54) is 42.6 Å². The molecule has 0 spiro atoms. The Hall–Kier alpha value is -1.02. The molecule has 2 heteroatoms. The van der Waals surface area contributed by atoms with Crippen LogP contribution in [0, 0.1) is 13.8 Å². The zero-order valence-corrected chi connectivity index (χ0v) is 10.8. The Kier molecular flexibility index (Phi) is 5.33. The van der Waals surface area contributed by atoms with Crippen LogP contribution >= 0.6 is 0 Å². The van der Waals surface area contributed by atoms with Crippen molar-refractivity contribution in [2.45, 2.75) is 40.0 Å². The summed E-state index contributed by atoms with van der Waals surface area (Å²) in [4.78, 5) is 0. The second kappa shape index (κ2) is 6.54. The van der Waals surface area contributed by atoms with Gasteiger partial charge in [0.1, 0.15) is 0 Å². The lowest BCUT2D eigenvalue weighted by Crippen LogP contribution is -2.03. The van der Waals surface area contributed by atoms with Crippen LogP contribution in [0.2, 0.25) is 0 Å². The Morgan fingerprint density at radius 3 is 2.19 bits per heavy atom. The van der Waals surface area contributed by atoms with Gasteiger partial charge in [0.25, 0.3) is 0 Å². The number of nitrogens with two attached hydrogens (primary N) is 1. The highest BCUT2D eigenvalue weighted by atomic mass is 14.9. The molecule has 0 aliphatic carbocycles. The van der Waals surface area contributed by atoms with Gasteiger partial charge in [-0.1, -0.05) is 13.0 Å². The molecule has 0 aromatic heterocycles. The summed E-state index contributed by atoms with van der Waals surface area (Å²) in [5.74, 6) is 0. The Bertz CT molecular complexity index is 320. The van der Waals surface area contributed by atoms with Crippen molar-refractivity contribution in [3.05, 3.63) is 28.8 Å². The lowest BCUT2D eigenvalue weighted by molar-refractivity contribution is 0.857. The van der Waals surface area contributed by atoms with Gasteiger partial charge in [0.15, 0.2) is 0 Å². The van der Waals surface area contributed by atoms with Crippen LogP contribution in [0.4, 0.5) is 5.69 Å². The van der Waals surface area contributed by atoms with Crippen molar-refractivity contribution in [3.63, 3.8) is 0 Å². The van der Waals surface area contributed by atoms with Gasteiger partial charge in [0, 0.05) is 5.69 Å². The summed E-state index contributed by atoms with van der Waals surface area (Å²) < 4.78 is 0. The average Bonchev–Trinajstić information content (AvgIpc) is 2.82. The van der Waals surface area contributed by atoms with Crippen LogP contribution in [-0.2, 0) is 6.42 Å². The first-order valence-electron chi connectivity index (χ1n) is 6.21. The van der Waals surface area contributed by atoms with Crippen LogP contribution in [0.3, 0.4) is 0 Å². The minimum Gasteiger partial charge on any atom is -0.399 e. The van der Waals surface area contributed by atoms with Gasteiger partial charge in [-0.15, -0.1) is 0 Å². The van der Waals surface area contributed by atoms with Crippen molar-refractivity contribution in [3.8, 4) is 0 Å². The number of anilines is 1. The molecule has 1 saturated heterocycles. The lowest BCUT2D eigenvalue weighted by Gasteiger charge is -2.06. The van der Waals surface area contributed by atoms with Gasteiger partial charge < -0.3 is 11.1 Å². The maximum absolute atomic E-state index is 5.74. The normalized spacial score (nSPS) is 14.4. The summed E-state index contributed by atoms with van der Waals surface area (Å²) >= 11 is 0. The Labute approximate surface area is 99.2 Å². The number of hydrogen-bond acceptors (Lipinski definition) is 2. The number of rotatable bonds is 1. The van der Waals surface area contributed by atoms with Crippen LogP contribution in [0.5, 0.6) is 0 Å². The van der Waals surface area contributed by atoms with E-state index in [0.29, 0.717) is 0 Å². The number of nitrogens with one attached hydrogen (secondary N) is 1. The van der Waals surface area contributed by atoms with E-state index in [4.69, 9.17) is 5.73 Å². The number of benzene rings is 1. The van der Waals surface area contributed by atoms with Gasteiger partial charge in [0.2, 0.25) is 0 Å². The van der Waals surface area contributed by atoms with Crippen LogP contribution in [0.15, 0.2) is 12.1 Å². The second-order valence-electron chi connectivity index (χ2n) is 4.45. The summed E-state index contributed by atoms with van der Waals surface area (Å²) in [6.45, 7) is 8.82. The minimum absolute atomic E-state index is 0.903. The van der Waals surface area contributed by atoms with Gasteiger partial charge >= 0.3 is 0 Å². The highest BCUT2D eigenvalue weighted by molar-refractivity contribution is 5.51. The van der Waals surface area contributed by atoms with Crippen molar-refractivity contribution in [1.29, 1.82) is 0 Å². The molecule has 2 nitrogen and oxygen atoms in total. The molecule has 1 heterocycles. The molecule has 1 fully saturated rings. The molecule has 3 N–H and O–H groups in total. The van der Waals surface area contributed by atoms with E-state index in [1.54, 1.807) is 0 Å². The molecule has 0 atom stereocenters. The third kappa shape index (κ3) is 3.86. The predicted octanol–water partition coefficient (Wildman–Crippen LogP) is 2.82. The van der Waals surface area contributed by atoms with E-state index in [0.717, 1.165) is 12.1 Å². The zero-order valence-electron chi connectivity index (χ0n) is 10.8. The molecule has 1 aliphatic heterocycles. The molecule has 0 amide bonds. The van der Waals surface area contributed by atoms with Gasteiger partial charge in [0.05, 0.1) is 0 Å². The number of hydrogen-bond donors (Lipinski definition) is 2. The van der Waals surface area contributed by atoms with Gasteiger partial charge in [-0.3, -0.25) is 0 Å². The Morgan fingerprint density at radius 1 is 1.12 bits per heavy atom. The number of nitrogen functional groups attached to an aromatic ring is 1. The van der Waals surface area contributed by atoms with Gasteiger partial charge in [-0.2, -0.15) is 0 Å². The maximum Gasteiger partial charge on any atom is 0.0346 e. The van der Waals surface area contributed by atoms with Crippen LogP contribution in [-0.4, -0.2) is 13.1 Å². The van der Waals surface area contributed by atoms with Crippen molar-refractivity contribution < 1.29 is 0 Å². The standard InChI is InChI=1S/C10H15N.C4H9N/c1-4-9-5-8(3)10(11)6-7(9)2;1-2-4-5-3-1/h5-6H,4,11H2,1-3H3;5H,1-4H2. The molecule has 2 rings (SSSR count). The molecule has 1 aromatic rings. The first kappa shape index (κ1) is 13.0. The molecule has 0 bridgehead atoms. The fourth-order valence-electron chi connectivity index (χ4n) is 1.90. The fraction of sp³-hybridized carbons (Fsp3) is 0.571. The topological polar surface area (TPSA) is 38.0 Å². The average molecular weight is 220 g/mol. The monoisotopic (exact) mass is 220 g/mol. The van der Waals surface area contributed by atoms with Crippen molar-refractivity contribution in [1.82, 2.24) is 5.32 Å². The Morgan fingerprint density at radius 2 is 1.75 bits per heavy atom. The molecule has 0 unspecified atom stereocenters. The molecule has 0 radical (unpaired) electrons. The summed E-state index contributed by atoms with van der Waals surface area (Å²) in [7, 11) is 0. The summed E-state index contributed by atoms with van der Waals surface area (Å²) in [6, 6.07) is 4.22. The molecule has 1 aliphatic rings. The van der Waals surface area contributed by atoms with E-state index < -0.39 is 0 Å². The van der Waals surface area contributed by atoms with E-state index in [1.807, 2.05) is 13.0 Å². The van der Waals surface area contributed by atoms with Gasteiger partial charge in [-0.05, 0) is 69.0 Å². The van der Waals surface area contributed by atoms with Crippen LogP contribution in [0.1, 0.15) is 36.5 Å². The first-order chi connectivity index (χ1) is 7.65. The van der Waals surface area contributed by atoms with E-state index >= 15 is 0 Å². The number of aryl methyl sites for hydroxylation is 3. The maximum atomic E-state index is 5.74. The second-order valence-corrected chi connectivity index (χ2v) is 4.45. The first-order valence-corrected chi connectivity index (χ1v) is 6.21. The molecule has 90 valence electrons. The predicted molar refractivity (Wildman–Crippen MR) is 71.8 cm³/mol. The molecule has 16 heavy (non-hydrogen) atoms. The summed E-state index contributed by atoms with van der Waals surface area (Å²) in [6.07, 6.45) is 3.87. The van der Waals surface area contributed by atoms with Crippen molar-refractivity contribution >= 4 is 5.69 Å². The van der Waals surface area contributed by atoms with Crippen LogP contribution < -0.4 is 11.1 Å². The zero-order chi connectivity index (χ0) is 12.0. The van der Waals surface area contributed by atoms with Crippen molar-refractivity contribution in [2.75, 3.05) is 18.8 Å². The molecule has 1 aromatic carbocycles. The van der Waals surface area contributed by atoms with Crippen LogP contribution in [0.25, 0.3) is 0 Å². The molecular weight excluding hydrogens is 196 g/mol. The highest BCUT2D eigenvalue weighted by Crippen LogP contribution is 2.17. The Balaban J connectivity index is 0.000000212. The van der Waals surface area contributed by atoms with E-state index in [9.17, 15) is 0 Å². The molecule has 0 saturated carbocycles. The quantitative estimate of drug-likeness (QED) is 0.714. The largest absolute Gasteiger partial charge is 0.399 e. The molecular formula is C14H24N2. The SMILES string of the molecule is C1CCNC1.CCc1cc(C)c(N)cc1C. The minimum atomic E-state index is 0.903. The smallest absolute Gasteiger partial charge is 0.0346 e.